The minimum absolute atomic E-state index is 0.743. The average Bonchev–Trinajstić information content (AvgIpc) is 2.83. The van der Waals surface area contributed by atoms with E-state index in [4.69, 9.17) is 10.00 Å². The Hall–Kier alpha value is -1.82. The van der Waals surface area contributed by atoms with Gasteiger partial charge in [-0.1, -0.05) is 0 Å². The van der Waals surface area contributed by atoms with Crippen molar-refractivity contribution in [3.63, 3.8) is 0 Å². The van der Waals surface area contributed by atoms with Gasteiger partial charge in [-0.15, -0.1) is 0 Å². The van der Waals surface area contributed by atoms with Crippen LogP contribution < -0.4 is 4.74 Å². The van der Waals surface area contributed by atoms with E-state index in [9.17, 15) is 0 Å². The summed E-state index contributed by atoms with van der Waals surface area (Å²) in [6, 6.07) is 2.11. The van der Waals surface area contributed by atoms with Crippen molar-refractivity contribution < 1.29 is 4.74 Å². The molecule has 15 heavy (non-hydrogen) atoms. The number of pyridine rings is 1. The lowest BCUT2D eigenvalue weighted by molar-refractivity contribution is 0.355. The molecule has 0 fully saturated rings. The maximum Gasteiger partial charge on any atom is 0.141 e. The molecule has 1 aliphatic heterocycles. The molecule has 2 aliphatic rings. The summed E-state index contributed by atoms with van der Waals surface area (Å²) in [7, 11) is 0. The van der Waals surface area contributed by atoms with Gasteiger partial charge in [0.1, 0.15) is 5.75 Å². The number of fused-ring (bicyclic) bond motifs is 3. The first-order valence-corrected chi connectivity index (χ1v) is 5.12. The van der Waals surface area contributed by atoms with Gasteiger partial charge in [0.05, 0.1) is 18.9 Å². The van der Waals surface area contributed by atoms with Crippen molar-refractivity contribution in [2.24, 2.45) is 0 Å². The van der Waals surface area contributed by atoms with Crippen LogP contribution in [-0.2, 0) is 12.8 Å². The van der Waals surface area contributed by atoms with Crippen molar-refractivity contribution in [1.29, 1.82) is 5.26 Å². The van der Waals surface area contributed by atoms with E-state index in [0.29, 0.717) is 0 Å². The van der Waals surface area contributed by atoms with Gasteiger partial charge in [0.15, 0.2) is 0 Å². The van der Waals surface area contributed by atoms with Gasteiger partial charge in [-0.3, -0.25) is 4.98 Å². The SMILES string of the molecule is N#CC=C1CCc2ncc3c(c21)CCO3. The van der Waals surface area contributed by atoms with Crippen molar-refractivity contribution in [3.8, 4) is 11.8 Å². The Morgan fingerprint density at radius 3 is 3.20 bits per heavy atom. The number of hydrogen-bond acceptors (Lipinski definition) is 3. The van der Waals surface area contributed by atoms with E-state index in [-0.39, 0.29) is 0 Å². The summed E-state index contributed by atoms with van der Waals surface area (Å²) in [4.78, 5) is 4.39. The second kappa shape index (κ2) is 3.09. The third-order valence-electron chi connectivity index (χ3n) is 3.03. The molecule has 74 valence electrons. The molecule has 0 saturated carbocycles. The molecule has 1 aliphatic carbocycles. The lowest BCUT2D eigenvalue weighted by atomic mass is 10.0. The number of allylic oxidation sites excluding steroid dienone is 2. The van der Waals surface area contributed by atoms with Crippen LogP contribution in [0.25, 0.3) is 5.57 Å². The number of hydrogen-bond donors (Lipinski definition) is 0. The average molecular weight is 198 g/mol. The minimum atomic E-state index is 0.743. The smallest absolute Gasteiger partial charge is 0.141 e. The Balaban J connectivity index is 2.23. The summed E-state index contributed by atoms with van der Waals surface area (Å²) in [5.74, 6) is 0.902. The second-order valence-corrected chi connectivity index (χ2v) is 3.82. The fourth-order valence-corrected chi connectivity index (χ4v) is 2.38. The van der Waals surface area contributed by atoms with E-state index in [0.717, 1.165) is 42.9 Å². The molecule has 1 aromatic rings. The van der Waals surface area contributed by atoms with Crippen LogP contribution in [0.4, 0.5) is 0 Å². The molecule has 0 amide bonds. The molecule has 0 N–H and O–H groups in total. The highest BCUT2D eigenvalue weighted by atomic mass is 16.5. The molecule has 0 radical (unpaired) electrons. The monoisotopic (exact) mass is 198 g/mol. The highest BCUT2D eigenvalue weighted by Gasteiger charge is 2.26. The van der Waals surface area contributed by atoms with Crippen LogP contribution in [0, 0.1) is 11.3 Å². The predicted molar refractivity (Wildman–Crippen MR) is 55.3 cm³/mol. The molecule has 2 heterocycles. The van der Waals surface area contributed by atoms with Gasteiger partial charge in [0, 0.05) is 29.3 Å². The van der Waals surface area contributed by atoms with Crippen LogP contribution in [0.3, 0.4) is 0 Å². The van der Waals surface area contributed by atoms with Crippen molar-refractivity contribution in [2.75, 3.05) is 6.61 Å². The van der Waals surface area contributed by atoms with Gasteiger partial charge >= 0.3 is 0 Å². The lowest BCUT2D eigenvalue weighted by Gasteiger charge is -2.05. The fraction of sp³-hybridized carbons (Fsp3) is 0.333. The molecule has 3 nitrogen and oxygen atoms in total. The summed E-state index contributed by atoms with van der Waals surface area (Å²) in [5.41, 5.74) is 4.69. The Labute approximate surface area is 88.0 Å². The van der Waals surface area contributed by atoms with Gasteiger partial charge < -0.3 is 4.74 Å². The van der Waals surface area contributed by atoms with E-state index in [1.54, 1.807) is 6.08 Å². The Kier molecular flexibility index (Phi) is 1.75. The Morgan fingerprint density at radius 1 is 1.40 bits per heavy atom. The van der Waals surface area contributed by atoms with Gasteiger partial charge in [-0.05, 0) is 18.4 Å². The Bertz CT molecular complexity index is 497. The molecule has 3 heteroatoms. The summed E-state index contributed by atoms with van der Waals surface area (Å²) in [6.45, 7) is 0.743. The van der Waals surface area contributed by atoms with E-state index in [1.807, 2.05) is 6.20 Å². The molecule has 0 atom stereocenters. The maximum atomic E-state index is 8.72. The molecule has 0 unspecified atom stereocenters. The van der Waals surface area contributed by atoms with Crippen molar-refractivity contribution in [2.45, 2.75) is 19.3 Å². The van der Waals surface area contributed by atoms with Crippen LogP contribution in [-0.4, -0.2) is 11.6 Å². The normalized spacial score (nSPS) is 19.5. The predicted octanol–water partition coefficient (Wildman–Crippen LogP) is 1.87. The first kappa shape index (κ1) is 8.49. The topological polar surface area (TPSA) is 45.9 Å². The van der Waals surface area contributed by atoms with E-state index in [1.165, 1.54) is 11.1 Å². The molecule has 0 saturated heterocycles. The molecule has 3 rings (SSSR count). The lowest BCUT2D eigenvalue weighted by Crippen LogP contribution is -1.92. The zero-order chi connectivity index (χ0) is 10.3. The van der Waals surface area contributed by atoms with Crippen LogP contribution in [0.2, 0.25) is 0 Å². The summed E-state index contributed by atoms with van der Waals surface area (Å²) in [6.07, 6.45) is 6.30. The van der Waals surface area contributed by atoms with E-state index >= 15 is 0 Å². The molecular weight excluding hydrogens is 188 g/mol. The van der Waals surface area contributed by atoms with Crippen LogP contribution >= 0.6 is 0 Å². The number of aromatic nitrogens is 1. The largest absolute Gasteiger partial charge is 0.491 e. The van der Waals surface area contributed by atoms with Crippen molar-refractivity contribution in [1.82, 2.24) is 4.98 Å². The number of nitriles is 1. The van der Waals surface area contributed by atoms with Gasteiger partial charge in [-0.25, -0.2) is 0 Å². The minimum Gasteiger partial charge on any atom is -0.491 e. The number of rotatable bonds is 0. The standard InChI is InChI=1S/C12H10N2O/c13-5-3-8-1-2-10-12(8)9-4-6-15-11(9)7-14-10/h3,7H,1-2,4,6H2. The Morgan fingerprint density at radius 2 is 2.33 bits per heavy atom. The van der Waals surface area contributed by atoms with Gasteiger partial charge in [0.2, 0.25) is 0 Å². The quantitative estimate of drug-likeness (QED) is 0.598. The van der Waals surface area contributed by atoms with Gasteiger partial charge in [-0.2, -0.15) is 5.26 Å². The summed E-state index contributed by atoms with van der Waals surface area (Å²) in [5, 5.41) is 8.72. The number of aryl methyl sites for hydroxylation is 1. The molecule has 0 bridgehead atoms. The highest BCUT2D eigenvalue weighted by molar-refractivity contribution is 5.77. The van der Waals surface area contributed by atoms with Crippen LogP contribution in [0.5, 0.6) is 5.75 Å². The van der Waals surface area contributed by atoms with E-state index in [2.05, 4.69) is 11.1 Å². The summed E-state index contributed by atoms with van der Waals surface area (Å²) >= 11 is 0. The van der Waals surface area contributed by atoms with Gasteiger partial charge in [0.25, 0.3) is 0 Å². The van der Waals surface area contributed by atoms with Crippen LogP contribution in [0.1, 0.15) is 23.2 Å². The van der Waals surface area contributed by atoms with Crippen molar-refractivity contribution >= 4 is 5.57 Å². The fourth-order valence-electron chi connectivity index (χ4n) is 2.38. The second-order valence-electron chi connectivity index (χ2n) is 3.82. The molecule has 0 aromatic carbocycles. The highest BCUT2D eigenvalue weighted by Crippen LogP contribution is 2.39. The zero-order valence-corrected chi connectivity index (χ0v) is 8.29. The third-order valence-corrected chi connectivity index (χ3v) is 3.03. The third kappa shape index (κ3) is 1.15. The van der Waals surface area contributed by atoms with E-state index < -0.39 is 0 Å². The first-order chi connectivity index (χ1) is 7.40. The first-order valence-electron chi connectivity index (χ1n) is 5.12. The summed E-state index contributed by atoms with van der Waals surface area (Å²) < 4.78 is 5.48. The number of nitrogens with zero attached hydrogens (tertiary/aromatic N) is 2. The maximum absolute atomic E-state index is 8.72. The molecular formula is C12H10N2O. The molecule has 1 aromatic heterocycles. The zero-order valence-electron chi connectivity index (χ0n) is 8.29. The van der Waals surface area contributed by atoms with Crippen LogP contribution in [0.15, 0.2) is 12.3 Å². The molecule has 0 spiro atoms. The number of ether oxygens (including phenoxy) is 1. The van der Waals surface area contributed by atoms with Crippen molar-refractivity contribution in [3.05, 3.63) is 29.1 Å².